The predicted molar refractivity (Wildman–Crippen MR) is 75.3 cm³/mol. The van der Waals surface area contributed by atoms with Crippen LogP contribution in [0.3, 0.4) is 0 Å². The normalized spacial score (nSPS) is 10.6. The molecule has 0 aliphatic heterocycles. The maximum atomic E-state index is 9.00. The van der Waals surface area contributed by atoms with Gasteiger partial charge in [0, 0.05) is 5.69 Å². The Balaban J connectivity index is 2.24. The minimum atomic E-state index is 0.651. The molecule has 3 nitrogen and oxygen atoms in total. The molecule has 3 rings (SSSR count). The van der Waals surface area contributed by atoms with E-state index in [0.29, 0.717) is 5.56 Å². The average molecular weight is 247 g/mol. The first kappa shape index (κ1) is 11.5. The summed E-state index contributed by atoms with van der Waals surface area (Å²) >= 11 is 0. The van der Waals surface area contributed by atoms with Crippen LogP contribution in [0.4, 0.5) is 0 Å². The fourth-order valence-electron chi connectivity index (χ4n) is 2.16. The summed E-state index contributed by atoms with van der Waals surface area (Å²) in [6.07, 6.45) is 1.80. The SMILES string of the molecule is Cc1ccc(-n2cnc3ccc(C#N)cc32)cc1C. The lowest BCUT2D eigenvalue weighted by Crippen LogP contribution is -1.94. The Morgan fingerprint density at radius 1 is 1.05 bits per heavy atom. The van der Waals surface area contributed by atoms with Crippen LogP contribution in [0.15, 0.2) is 42.7 Å². The molecule has 3 heteroatoms. The Bertz CT molecular complexity index is 806. The van der Waals surface area contributed by atoms with Gasteiger partial charge in [0.05, 0.1) is 22.7 Å². The lowest BCUT2D eigenvalue weighted by Gasteiger charge is -2.07. The van der Waals surface area contributed by atoms with Gasteiger partial charge in [-0.2, -0.15) is 5.26 Å². The summed E-state index contributed by atoms with van der Waals surface area (Å²) in [5, 5.41) is 9.00. The number of hydrogen-bond acceptors (Lipinski definition) is 2. The van der Waals surface area contributed by atoms with Crippen molar-refractivity contribution in [3.63, 3.8) is 0 Å². The zero-order chi connectivity index (χ0) is 13.4. The molecule has 3 aromatic rings. The standard InChI is InChI=1S/C16H13N3/c1-11-3-5-14(7-12(11)2)19-10-18-15-6-4-13(9-17)8-16(15)19/h3-8,10H,1-2H3. The second-order valence-corrected chi connectivity index (χ2v) is 4.70. The van der Waals surface area contributed by atoms with E-state index < -0.39 is 0 Å². The molecule has 1 heterocycles. The molecule has 0 radical (unpaired) electrons. The summed E-state index contributed by atoms with van der Waals surface area (Å²) in [6, 6.07) is 14.0. The van der Waals surface area contributed by atoms with Gasteiger partial charge in [-0.3, -0.25) is 4.57 Å². The lowest BCUT2D eigenvalue weighted by atomic mass is 10.1. The van der Waals surface area contributed by atoms with Crippen molar-refractivity contribution in [2.45, 2.75) is 13.8 Å². The highest BCUT2D eigenvalue weighted by atomic mass is 15.0. The van der Waals surface area contributed by atoms with E-state index in [4.69, 9.17) is 5.26 Å². The van der Waals surface area contributed by atoms with E-state index in [-0.39, 0.29) is 0 Å². The van der Waals surface area contributed by atoms with Gasteiger partial charge in [-0.25, -0.2) is 4.98 Å². The van der Waals surface area contributed by atoms with Crippen LogP contribution in [0.25, 0.3) is 16.7 Å². The summed E-state index contributed by atoms with van der Waals surface area (Å²) in [4.78, 5) is 4.38. The van der Waals surface area contributed by atoms with E-state index >= 15 is 0 Å². The van der Waals surface area contributed by atoms with Gasteiger partial charge in [0.15, 0.2) is 0 Å². The smallest absolute Gasteiger partial charge is 0.100 e. The fourth-order valence-corrected chi connectivity index (χ4v) is 2.16. The van der Waals surface area contributed by atoms with Gasteiger partial charge < -0.3 is 0 Å². The van der Waals surface area contributed by atoms with Crippen LogP contribution in [0, 0.1) is 25.2 Å². The monoisotopic (exact) mass is 247 g/mol. The Labute approximate surface area is 111 Å². The fraction of sp³-hybridized carbons (Fsp3) is 0.125. The van der Waals surface area contributed by atoms with Crippen LogP contribution < -0.4 is 0 Å². The van der Waals surface area contributed by atoms with Gasteiger partial charge in [0.1, 0.15) is 6.33 Å². The molecule has 0 amide bonds. The number of hydrogen-bond donors (Lipinski definition) is 0. The van der Waals surface area contributed by atoms with Crippen molar-refractivity contribution < 1.29 is 0 Å². The van der Waals surface area contributed by atoms with Crippen molar-refractivity contribution >= 4 is 11.0 Å². The van der Waals surface area contributed by atoms with Crippen molar-refractivity contribution in [1.29, 1.82) is 5.26 Å². The molecule has 1 aromatic heterocycles. The number of benzene rings is 2. The minimum Gasteiger partial charge on any atom is -0.299 e. The molecule has 0 saturated heterocycles. The zero-order valence-corrected chi connectivity index (χ0v) is 10.9. The molecule has 2 aromatic carbocycles. The highest BCUT2D eigenvalue weighted by molar-refractivity contribution is 5.79. The lowest BCUT2D eigenvalue weighted by molar-refractivity contribution is 1.08. The van der Waals surface area contributed by atoms with Gasteiger partial charge in [-0.15, -0.1) is 0 Å². The highest BCUT2D eigenvalue weighted by Gasteiger charge is 2.06. The van der Waals surface area contributed by atoms with E-state index in [0.717, 1.165) is 16.7 Å². The van der Waals surface area contributed by atoms with Gasteiger partial charge >= 0.3 is 0 Å². The van der Waals surface area contributed by atoms with Crippen LogP contribution in [0.5, 0.6) is 0 Å². The highest BCUT2D eigenvalue weighted by Crippen LogP contribution is 2.21. The first-order chi connectivity index (χ1) is 9.19. The van der Waals surface area contributed by atoms with Crippen molar-refractivity contribution in [2.24, 2.45) is 0 Å². The van der Waals surface area contributed by atoms with Gasteiger partial charge in [0.25, 0.3) is 0 Å². The second-order valence-electron chi connectivity index (χ2n) is 4.70. The van der Waals surface area contributed by atoms with Crippen molar-refractivity contribution in [3.8, 4) is 11.8 Å². The largest absolute Gasteiger partial charge is 0.299 e. The third-order valence-electron chi connectivity index (χ3n) is 3.45. The number of rotatable bonds is 1. The number of nitrogens with zero attached hydrogens (tertiary/aromatic N) is 3. The van der Waals surface area contributed by atoms with Crippen LogP contribution in [-0.4, -0.2) is 9.55 Å². The summed E-state index contributed by atoms with van der Waals surface area (Å²) in [5.74, 6) is 0. The summed E-state index contributed by atoms with van der Waals surface area (Å²) < 4.78 is 2.02. The molecule has 0 saturated carbocycles. The molecule has 19 heavy (non-hydrogen) atoms. The first-order valence-corrected chi connectivity index (χ1v) is 6.14. The Morgan fingerprint density at radius 2 is 1.89 bits per heavy atom. The van der Waals surface area contributed by atoms with Gasteiger partial charge in [-0.05, 0) is 55.3 Å². The minimum absolute atomic E-state index is 0.651. The van der Waals surface area contributed by atoms with E-state index in [2.05, 4.69) is 43.1 Å². The van der Waals surface area contributed by atoms with Crippen LogP contribution >= 0.6 is 0 Å². The number of nitriles is 1. The number of aromatic nitrogens is 2. The van der Waals surface area contributed by atoms with Crippen molar-refractivity contribution in [1.82, 2.24) is 9.55 Å². The molecule has 0 fully saturated rings. The first-order valence-electron chi connectivity index (χ1n) is 6.14. The zero-order valence-electron chi connectivity index (χ0n) is 10.9. The van der Waals surface area contributed by atoms with Crippen molar-refractivity contribution in [3.05, 3.63) is 59.4 Å². The number of imidazole rings is 1. The molecular weight excluding hydrogens is 234 g/mol. The molecular formula is C16H13N3. The van der Waals surface area contributed by atoms with E-state index in [1.807, 2.05) is 16.7 Å². The average Bonchev–Trinajstić information content (AvgIpc) is 2.84. The molecule has 0 atom stereocenters. The summed E-state index contributed by atoms with van der Waals surface area (Å²) in [6.45, 7) is 4.19. The summed E-state index contributed by atoms with van der Waals surface area (Å²) in [7, 11) is 0. The second kappa shape index (κ2) is 4.25. The van der Waals surface area contributed by atoms with Crippen molar-refractivity contribution in [2.75, 3.05) is 0 Å². The summed E-state index contributed by atoms with van der Waals surface area (Å²) in [5.41, 5.74) is 6.10. The van der Waals surface area contributed by atoms with Gasteiger partial charge in [-0.1, -0.05) is 6.07 Å². The quantitative estimate of drug-likeness (QED) is 0.660. The van der Waals surface area contributed by atoms with Crippen LogP contribution in [0.2, 0.25) is 0 Å². The van der Waals surface area contributed by atoms with Crippen LogP contribution in [-0.2, 0) is 0 Å². The van der Waals surface area contributed by atoms with Gasteiger partial charge in [0.2, 0.25) is 0 Å². The third-order valence-corrected chi connectivity index (χ3v) is 3.45. The Hall–Kier alpha value is -2.60. The van der Waals surface area contributed by atoms with E-state index in [1.165, 1.54) is 11.1 Å². The van der Waals surface area contributed by atoms with Crippen LogP contribution in [0.1, 0.15) is 16.7 Å². The van der Waals surface area contributed by atoms with E-state index in [1.54, 1.807) is 12.4 Å². The Morgan fingerprint density at radius 3 is 2.63 bits per heavy atom. The molecule has 0 spiro atoms. The van der Waals surface area contributed by atoms with E-state index in [9.17, 15) is 0 Å². The molecule has 92 valence electrons. The number of aryl methyl sites for hydroxylation is 2. The molecule has 0 bridgehead atoms. The maximum absolute atomic E-state index is 9.00. The predicted octanol–water partition coefficient (Wildman–Crippen LogP) is 3.51. The molecule has 0 aliphatic rings. The topological polar surface area (TPSA) is 41.6 Å². The molecule has 0 aliphatic carbocycles. The molecule has 0 N–H and O–H groups in total. The maximum Gasteiger partial charge on any atom is 0.100 e. The number of fused-ring (bicyclic) bond motifs is 1. The molecule has 0 unspecified atom stereocenters. The Kier molecular flexibility index (Phi) is 2.57. The third kappa shape index (κ3) is 1.88.